The quantitative estimate of drug-likeness (QED) is 0.779. The summed E-state index contributed by atoms with van der Waals surface area (Å²) in [5.74, 6) is 0.751. The number of piperazine rings is 1. The Labute approximate surface area is 99.6 Å². The van der Waals surface area contributed by atoms with Crippen LogP contribution in [0.25, 0.3) is 0 Å². The third-order valence-corrected chi connectivity index (χ3v) is 3.68. The van der Waals surface area contributed by atoms with E-state index in [0.717, 1.165) is 19.6 Å². The summed E-state index contributed by atoms with van der Waals surface area (Å²) in [6.45, 7) is 13.5. The molecule has 0 bridgehead atoms. The molecule has 1 amide bonds. The van der Waals surface area contributed by atoms with Crippen molar-refractivity contribution >= 4 is 5.91 Å². The van der Waals surface area contributed by atoms with Gasteiger partial charge in [-0.1, -0.05) is 27.7 Å². The summed E-state index contributed by atoms with van der Waals surface area (Å²) in [7, 11) is 0. The Kier molecular flexibility index (Phi) is 4.36. The van der Waals surface area contributed by atoms with Gasteiger partial charge in [-0.05, 0) is 18.3 Å². The fraction of sp³-hybridized carbons (Fsp3) is 0.923. The lowest BCUT2D eigenvalue weighted by atomic mass is 9.80. The van der Waals surface area contributed by atoms with Crippen molar-refractivity contribution in [2.75, 3.05) is 19.6 Å². The van der Waals surface area contributed by atoms with E-state index in [1.54, 1.807) is 0 Å². The van der Waals surface area contributed by atoms with Crippen molar-refractivity contribution in [2.45, 2.75) is 47.1 Å². The van der Waals surface area contributed by atoms with E-state index >= 15 is 0 Å². The lowest BCUT2D eigenvalue weighted by molar-refractivity contribution is -0.134. The van der Waals surface area contributed by atoms with Crippen LogP contribution in [0.3, 0.4) is 0 Å². The number of carbonyl (C=O) groups excluding carboxylic acids is 1. The van der Waals surface area contributed by atoms with E-state index in [4.69, 9.17) is 0 Å². The molecule has 1 aliphatic heterocycles. The average molecular weight is 226 g/mol. The molecule has 0 aromatic heterocycles. The molecule has 0 aliphatic carbocycles. The molecule has 1 saturated heterocycles. The minimum absolute atomic E-state index is 0.218. The summed E-state index contributed by atoms with van der Waals surface area (Å²) in [6, 6.07) is 0.433. The largest absolute Gasteiger partial charge is 0.340 e. The highest BCUT2D eigenvalue weighted by atomic mass is 16.2. The van der Waals surface area contributed by atoms with Gasteiger partial charge in [0, 0.05) is 32.1 Å². The Hall–Kier alpha value is -0.570. The van der Waals surface area contributed by atoms with E-state index in [1.165, 1.54) is 0 Å². The first-order valence-corrected chi connectivity index (χ1v) is 6.32. The molecule has 0 aromatic carbocycles. The second-order valence-corrected chi connectivity index (χ2v) is 6.17. The van der Waals surface area contributed by atoms with Crippen molar-refractivity contribution in [1.29, 1.82) is 0 Å². The van der Waals surface area contributed by atoms with Crippen LogP contribution < -0.4 is 5.32 Å². The molecule has 1 fully saturated rings. The Balaban J connectivity index is 2.46. The van der Waals surface area contributed by atoms with Gasteiger partial charge in [0.25, 0.3) is 0 Å². The predicted octanol–water partition coefficient (Wildman–Crippen LogP) is 1.88. The molecule has 1 heterocycles. The molecule has 0 spiro atoms. The molecule has 94 valence electrons. The van der Waals surface area contributed by atoms with Gasteiger partial charge in [-0.2, -0.15) is 0 Å². The summed E-state index contributed by atoms with van der Waals surface area (Å²) >= 11 is 0. The summed E-state index contributed by atoms with van der Waals surface area (Å²) in [4.78, 5) is 14.1. The van der Waals surface area contributed by atoms with E-state index in [2.05, 4.69) is 39.9 Å². The van der Waals surface area contributed by atoms with Crippen LogP contribution >= 0.6 is 0 Å². The number of nitrogens with zero attached hydrogens (tertiary/aromatic N) is 1. The van der Waals surface area contributed by atoms with E-state index in [-0.39, 0.29) is 5.41 Å². The van der Waals surface area contributed by atoms with Crippen LogP contribution in [0.2, 0.25) is 0 Å². The second kappa shape index (κ2) is 5.17. The maximum atomic E-state index is 12.1. The molecule has 1 aliphatic rings. The summed E-state index contributed by atoms with van der Waals surface area (Å²) in [6.07, 6.45) is 0.677. The molecule has 0 radical (unpaired) electrons. The van der Waals surface area contributed by atoms with Gasteiger partial charge in [0.2, 0.25) is 5.91 Å². The third-order valence-electron chi connectivity index (χ3n) is 3.68. The van der Waals surface area contributed by atoms with Crippen molar-refractivity contribution in [1.82, 2.24) is 10.2 Å². The number of nitrogens with one attached hydrogen (secondary N) is 1. The molecule has 0 aromatic rings. The number of hydrogen-bond acceptors (Lipinski definition) is 2. The average Bonchev–Trinajstić information content (AvgIpc) is 2.16. The highest BCUT2D eigenvalue weighted by Gasteiger charge is 2.26. The zero-order valence-electron chi connectivity index (χ0n) is 11.3. The maximum Gasteiger partial charge on any atom is 0.222 e. The molecule has 1 rings (SSSR count). The summed E-state index contributed by atoms with van der Waals surface area (Å²) in [5.41, 5.74) is 0.218. The Morgan fingerprint density at radius 1 is 1.50 bits per heavy atom. The number of hydrogen-bond donors (Lipinski definition) is 1. The first kappa shape index (κ1) is 13.5. The maximum absolute atomic E-state index is 12.1. The lowest BCUT2D eigenvalue weighted by Gasteiger charge is -2.34. The van der Waals surface area contributed by atoms with Gasteiger partial charge in [-0.15, -0.1) is 0 Å². The SMILES string of the molecule is CC(CC(=O)N1CCN[C@@H](C)C1)C(C)(C)C. The van der Waals surface area contributed by atoms with Gasteiger partial charge in [0.1, 0.15) is 0 Å². The van der Waals surface area contributed by atoms with Crippen LogP contribution in [-0.2, 0) is 4.79 Å². The molecule has 0 saturated carbocycles. The molecular weight excluding hydrogens is 200 g/mol. The molecule has 16 heavy (non-hydrogen) atoms. The zero-order valence-corrected chi connectivity index (χ0v) is 11.3. The third kappa shape index (κ3) is 3.78. The number of amides is 1. The Morgan fingerprint density at radius 2 is 2.12 bits per heavy atom. The highest BCUT2D eigenvalue weighted by Crippen LogP contribution is 2.28. The lowest BCUT2D eigenvalue weighted by Crippen LogP contribution is -2.51. The van der Waals surface area contributed by atoms with Crippen LogP contribution in [0.5, 0.6) is 0 Å². The fourth-order valence-electron chi connectivity index (χ4n) is 1.86. The topological polar surface area (TPSA) is 32.3 Å². The standard InChI is InChI=1S/C13H26N2O/c1-10(13(3,4)5)8-12(16)15-7-6-14-11(2)9-15/h10-11,14H,6-9H2,1-5H3/t10?,11-/m0/s1. The van der Waals surface area contributed by atoms with E-state index in [1.807, 2.05) is 4.90 Å². The summed E-state index contributed by atoms with van der Waals surface area (Å²) in [5, 5.41) is 3.36. The van der Waals surface area contributed by atoms with Crippen LogP contribution in [0.4, 0.5) is 0 Å². The van der Waals surface area contributed by atoms with Gasteiger partial charge in [-0.3, -0.25) is 4.79 Å². The molecule has 1 unspecified atom stereocenters. The van der Waals surface area contributed by atoms with Crippen molar-refractivity contribution in [3.63, 3.8) is 0 Å². The van der Waals surface area contributed by atoms with Gasteiger partial charge < -0.3 is 10.2 Å². The second-order valence-electron chi connectivity index (χ2n) is 6.17. The first-order valence-electron chi connectivity index (χ1n) is 6.32. The van der Waals surface area contributed by atoms with Crippen LogP contribution in [0.15, 0.2) is 0 Å². The van der Waals surface area contributed by atoms with Crippen molar-refractivity contribution in [2.24, 2.45) is 11.3 Å². The van der Waals surface area contributed by atoms with Gasteiger partial charge in [-0.25, -0.2) is 0 Å². The van der Waals surface area contributed by atoms with Crippen molar-refractivity contribution in [3.8, 4) is 0 Å². The molecule has 3 heteroatoms. The Morgan fingerprint density at radius 3 is 2.62 bits per heavy atom. The minimum atomic E-state index is 0.218. The minimum Gasteiger partial charge on any atom is -0.340 e. The normalized spacial score (nSPS) is 24.3. The van der Waals surface area contributed by atoms with Gasteiger partial charge in [0.15, 0.2) is 0 Å². The van der Waals surface area contributed by atoms with Crippen LogP contribution in [0, 0.1) is 11.3 Å². The van der Waals surface area contributed by atoms with E-state index in [0.29, 0.717) is 24.3 Å². The highest BCUT2D eigenvalue weighted by molar-refractivity contribution is 5.76. The van der Waals surface area contributed by atoms with Crippen LogP contribution in [0.1, 0.15) is 41.0 Å². The summed E-state index contributed by atoms with van der Waals surface area (Å²) < 4.78 is 0. The van der Waals surface area contributed by atoms with Crippen molar-refractivity contribution < 1.29 is 4.79 Å². The zero-order chi connectivity index (χ0) is 12.3. The van der Waals surface area contributed by atoms with Gasteiger partial charge >= 0.3 is 0 Å². The number of rotatable bonds is 2. The van der Waals surface area contributed by atoms with Crippen molar-refractivity contribution in [3.05, 3.63) is 0 Å². The first-order chi connectivity index (χ1) is 7.30. The smallest absolute Gasteiger partial charge is 0.222 e. The molecule has 1 N–H and O–H groups in total. The van der Waals surface area contributed by atoms with E-state index in [9.17, 15) is 4.79 Å². The van der Waals surface area contributed by atoms with Crippen LogP contribution in [-0.4, -0.2) is 36.5 Å². The molecular formula is C13H26N2O. The molecule has 3 nitrogen and oxygen atoms in total. The van der Waals surface area contributed by atoms with E-state index < -0.39 is 0 Å². The molecule has 2 atom stereocenters. The Bertz CT molecular complexity index is 245. The van der Waals surface area contributed by atoms with Gasteiger partial charge in [0.05, 0.1) is 0 Å². The number of carbonyl (C=O) groups is 1. The monoisotopic (exact) mass is 226 g/mol. The predicted molar refractivity (Wildman–Crippen MR) is 67.3 cm³/mol. The fourth-order valence-corrected chi connectivity index (χ4v) is 1.86.